The van der Waals surface area contributed by atoms with E-state index in [1.165, 1.54) is 12.0 Å². The van der Waals surface area contributed by atoms with Crippen LogP contribution in [0.25, 0.3) is 0 Å². The number of hydrogen-bond donors (Lipinski definition) is 1. The first-order valence-electron chi connectivity index (χ1n) is 8.11. The average Bonchev–Trinajstić information content (AvgIpc) is 2.43. The second-order valence-electron chi connectivity index (χ2n) is 5.90. The topological polar surface area (TPSA) is 47.0 Å². The minimum atomic E-state index is 0.608. The lowest BCUT2D eigenvalue weighted by atomic mass is 9.98. The number of aromatic nitrogens is 2. The Labute approximate surface area is 129 Å². The highest BCUT2D eigenvalue weighted by molar-refractivity contribution is 5.25. The average molecular weight is 293 g/mol. The second kappa shape index (κ2) is 9.85. The lowest BCUT2D eigenvalue weighted by Crippen LogP contribution is -2.23. The van der Waals surface area contributed by atoms with Gasteiger partial charge in [0.25, 0.3) is 0 Å². The zero-order valence-electron chi connectivity index (χ0n) is 14.3. The molecule has 1 N–H and O–H groups in total. The lowest BCUT2D eigenvalue weighted by Gasteiger charge is -2.16. The van der Waals surface area contributed by atoms with Gasteiger partial charge < -0.3 is 10.1 Å². The summed E-state index contributed by atoms with van der Waals surface area (Å²) in [6.07, 6.45) is 4.10. The van der Waals surface area contributed by atoms with Crippen molar-refractivity contribution in [2.24, 2.45) is 5.92 Å². The molecular formula is C17H31N3O. The molecule has 1 rings (SSSR count). The molecule has 1 aromatic heterocycles. The summed E-state index contributed by atoms with van der Waals surface area (Å²) >= 11 is 0. The summed E-state index contributed by atoms with van der Waals surface area (Å²) in [6, 6.07) is 0. The Kier molecular flexibility index (Phi) is 8.47. The highest BCUT2D eigenvalue weighted by Crippen LogP contribution is 2.16. The smallest absolute Gasteiger partial charge is 0.128 e. The van der Waals surface area contributed by atoms with Gasteiger partial charge in [-0.1, -0.05) is 13.8 Å². The van der Waals surface area contributed by atoms with Crippen LogP contribution in [-0.4, -0.2) is 36.8 Å². The molecule has 4 nitrogen and oxygen atoms in total. The summed E-state index contributed by atoms with van der Waals surface area (Å²) < 4.78 is 5.08. The van der Waals surface area contributed by atoms with Crippen molar-refractivity contribution in [3.63, 3.8) is 0 Å². The van der Waals surface area contributed by atoms with E-state index in [9.17, 15) is 0 Å². The lowest BCUT2D eigenvalue weighted by molar-refractivity contribution is 0.194. The van der Waals surface area contributed by atoms with Crippen LogP contribution in [0.5, 0.6) is 0 Å². The summed E-state index contributed by atoms with van der Waals surface area (Å²) in [7, 11) is 1.73. The molecule has 4 heteroatoms. The zero-order chi connectivity index (χ0) is 15.7. The van der Waals surface area contributed by atoms with Crippen molar-refractivity contribution in [3.8, 4) is 0 Å². The van der Waals surface area contributed by atoms with Gasteiger partial charge in [-0.25, -0.2) is 9.97 Å². The Morgan fingerprint density at radius 1 is 1.19 bits per heavy atom. The molecule has 120 valence electrons. The van der Waals surface area contributed by atoms with Gasteiger partial charge >= 0.3 is 0 Å². The van der Waals surface area contributed by atoms with Gasteiger partial charge in [0.2, 0.25) is 0 Å². The second-order valence-corrected chi connectivity index (χ2v) is 5.90. The molecule has 0 bridgehead atoms. The maximum absolute atomic E-state index is 5.08. The van der Waals surface area contributed by atoms with Gasteiger partial charge in [-0.05, 0) is 57.7 Å². The van der Waals surface area contributed by atoms with Crippen LogP contribution < -0.4 is 5.32 Å². The summed E-state index contributed by atoms with van der Waals surface area (Å²) in [6.45, 7) is 11.6. The summed E-state index contributed by atoms with van der Waals surface area (Å²) in [5.74, 6) is 1.56. The number of nitrogens with zero attached hydrogens (tertiary/aromatic N) is 2. The molecule has 21 heavy (non-hydrogen) atoms. The molecule has 0 radical (unpaired) electrons. The van der Waals surface area contributed by atoms with Crippen LogP contribution in [0.15, 0.2) is 0 Å². The Morgan fingerprint density at radius 2 is 1.86 bits per heavy atom. The van der Waals surface area contributed by atoms with Crippen LogP contribution in [0.3, 0.4) is 0 Å². The third-order valence-corrected chi connectivity index (χ3v) is 3.69. The Morgan fingerprint density at radius 3 is 2.43 bits per heavy atom. The largest absolute Gasteiger partial charge is 0.385 e. The van der Waals surface area contributed by atoms with Crippen molar-refractivity contribution >= 4 is 0 Å². The van der Waals surface area contributed by atoms with Gasteiger partial charge in [0.15, 0.2) is 0 Å². The normalized spacial score (nSPS) is 12.6. The van der Waals surface area contributed by atoms with E-state index in [1.54, 1.807) is 7.11 Å². The molecule has 0 aliphatic rings. The maximum atomic E-state index is 5.08. The van der Waals surface area contributed by atoms with E-state index in [0.717, 1.165) is 56.2 Å². The van der Waals surface area contributed by atoms with Gasteiger partial charge in [-0.2, -0.15) is 0 Å². The van der Waals surface area contributed by atoms with Gasteiger partial charge in [0, 0.05) is 31.5 Å². The van der Waals surface area contributed by atoms with Gasteiger partial charge in [-0.3, -0.25) is 0 Å². The van der Waals surface area contributed by atoms with E-state index in [1.807, 2.05) is 0 Å². The number of hydrogen-bond acceptors (Lipinski definition) is 4. The maximum Gasteiger partial charge on any atom is 0.128 e. The molecule has 1 unspecified atom stereocenters. The van der Waals surface area contributed by atoms with E-state index in [4.69, 9.17) is 4.74 Å². The van der Waals surface area contributed by atoms with Gasteiger partial charge in [0.1, 0.15) is 5.82 Å². The van der Waals surface area contributed by atoms with Gasteiger partial charge in [0.05, 0.1) is 0 Å². The highest BCUT2D eigenvalue weighted by Gasteiger charge is 2.12. The minimum absolute atomic E-state index is 0.608. The van der Waals surface area contributed by atoms with E-state index in [2.05, 4.69) is 43.0 Å². The molecule has 0 spiro atoms. The van der Waals surface area contributed by atoms with Crippen molar-refractivity contribution in [1.29, 1.82) is 0 Å². The predicted octanol–water partition coefficient (Wildman–Crippen LogP) is 2.85. The van der Waals surface area contributed by atoms with Crippen molar-refractivity contribution in [3.05, 3.63) is 22.8 Å². The van der Waals surface area contributed by atoms with E-state index >= 15 is 0 Å². The molecule has 0 saturated heterocycles. The number of nitrogens with one attached hydrogen (secondary N) is 1. The SMILES string of the molecule is CCCNCC(C)Cc1c(C)nc(CCCOC)nc1C. The molecule has 0 aliphatic heterocycles. The molecule has 1 heterocycles. The first-order chi connectivity index (χ1) is 10.1. The van der Waals surface area contributed by atoms with E-state index in [-0.39, 0.29) is 0 Å². The summed E-state index contributed by atoms with van der Waals surface area (Å²) in [5.41, 5.74) is 3.59. The van der Waals surface area contributed by atoms with Crippen molar-refractivity contribution in [2.75, 3.05) is 26.8 Å². The summed E-state index contributed by atoms with van der Waals surface area (Å²) in [5, 5.41) is 3.49. The third-order valence-electron chi connectivity index (χ3n) is 3.69. The standard InChI is InChI=1S/C17H31N3O/c1-6-9-18-12-13(2)11-16-14(3)19-17(20-15(16)4)8-7-10-21-5/h13,18H,6-12H2,1-5H3. The van der Waals surface area contributed by atoms with Gasteiger partial charge in [-0.15, -0.1) is 0 Å². The minimum Gasteiger partial charge on any atom is -0.385 e. The van der Waals surface area contributed by atoms with E-state index < -0.39 is 0 Å². The molecule has 1 aromatic rings. The van der Waals surface area contributed by atoms with E-state index in [0.29, 0.717) is 5.92 Å². The van der Waals surface area contributed by atoms with Crippen molar-refractivity contribution in [1.82, 2.24) is 15.3 Å². The molecule has 0 aliphatic carbocycles. The molecule has 0 amide bonds. The first kappa shape index (κ1) is 18.1. The summed E-state index contributed by atoms with van der Waals surface area (Å²) in [4.78, 5) is 9.34. The Bertz CT molecular complexity index is 397. The number of ether oxygens (including phenoxy) is 1. The van der Waals surface area contributed by atoms with Crippen molar-refractivity contribution < 1.29 is 4.74 Å². The van der Waals surface area contributed by atoms with Crippen molar-refractivity contribution in [2.45, 2.75) is 53.4 Å². The van der Waals surface area contributed by atoms with Crippen LogP contribution in [0.4, 0.5) is 0 Å². The molecule has 1 atom stereocenters. The van der Waals surface area contributed by atoms with Crippen LogP contribution in [0.1, 0.15) is 49.5 Å². The highest BCUT2D eigenvalue weighted by atomic mass is 16.5. The van der Waals surface area contributed by atoms with Crippen LogP contribution >= 0.6 is 0 Å². The van der Waals surface area contributed by atoms with Crippen LogP contribution in [0.2, 0.25) is 0 Å². The zero-order valence-corrected chi connectivity index (χ0v) is 14.3. The number of methoxy groups -OCH3 is 1. The molecular weight excluding hydrogens is 262 g/mol. The predicted molar refractivity (Wildman–Crippen MR) is 87.7 cm³/mol. The molecule has 0 aromatic carbocycles. The van der Waals surface area contributed by atoms with Crippen LogP contribution in [-0.2, 0) is 17.6 Å². The quantitative estimate of drug-likeness (QED) is 0.674. The Hall–Kier alpha value is -1.00. The third kappa shape index (κ3) is 6.53. The molecule has 0 fully saturated rings. The monoisotopic (exact) mass is 293 g/mol. The van der Waals surface area contributed by atoms with Crippen LogP contribution in [0, 0.1) is 19.8 Å². The molecule has 0 saturated carbocycles. The fraction of sp³-hybridized carbons (Fsp3) is 0.765. The fourth-order valence-corrected chi connectivity index (χ4v) is 2.54. The first-order valence-corrected chi connectivity index (χ1v) is 8.11. The Balaban J connectivity index is 2.62. The number of aryl methyl sites for hydroxylation is 3. The fourth-order valence-electron chi connectivity index (χ4n) is 2.54. The number of rotatable bonds is 10.